The molecule has 0 radical (unpaired) electrons. The lowest BCUT2D eigenvalue weighted by Gasteiger charge is -2.27. The van der Waals surface area contributed by atoms with Crippen molar-refractivity contribution < 1.29 is 14.6 Å². The summed E-state index contributed by atoms with van der Waals surface area (Å²) >= 11 is 0. The highest BCUT2D eigenvalue weighted by Crippen LogP contribution is 2.29. The standard InChI is InChI=1S/C25H36N6O3/c1-4-19-7-8-31(16-19)25(33)27-20-6-5-17(2)21(13-20)22-14-23(26-15-18(3)32)29-24(28-22)30-9-11-34-12-10-30/h5-6,13-14,18-19,32H,4,7-12,15-16H2,1-3H3,(H,27,33)(H,26,28,29)/t18-,19-/m1/s1. The van der Waals surface area contributed by atoms with Crippen molar-refractivity contribution >= 4 is 23.5 Å². The fraction of sp³-hybridized carbons (Fsp3) is 0.560. The molecule has 0 aliphatic carbocycles. The first kappa shape index (κ1) is 24.2. The van der Waals surface area contributed by atoms with Crippen molar-refractivity contribution in [1.29, 1.82) is 0 Å². The molecule has 9 heteroatoms. The van der Waals surface area contributed by atoms with Gasteiger partial charge >= 0.3 is 6.03 Å². The van der Waals surface area contributed by atoms with Gasteiger partial charge in [0.2, 0.25) is 5.95 Å². The van der Waals surface area contributed by atoms with Crippen LogP contribution in [-0.2, 0) is 4.74 Å². The third kappa shape index (κ3) is 5.95. The van der Waals surface area contributed by atoms with Gasteiger partial charge in [-0.1, -0.05) is 19.4 Å². The van der Waals surface area contributed by atoms with Crippen LogP contribution >= 0.6 is 0 Å². The largest absolute Gasteiger partial charge is 0.392 e. The number of aliphatic hydroxyl groups excluding tert-OH is 1. The Bertz CT molecular complexity index is 993. The molecule has 3 N–H and O–H groups in total. The Morgan fingerprint density at radius 2 is 2.03 bits per heavy atom. The van der Waals surface area contributed by atoms with Crippen molar-refractivity contribution in [2.75, 3.05) is 61.5 Å². The third-order valence-corrected chi connectivity index (χ3v) is 6.50. The summed E-state index contributed by atoms with van der Waals surface area (Å²) in [6.45, 7) is 10.7. The van der Waals surface area contributed by atoms with Gasteiger partial charge in [0.25, 0.3) is 0 Å². The smallest absolute Gasteiger partial charge is 0.321 e. The van der Waals surface area contributed by atoms with Gasteiger partial charge in [0.05, 0.1) is 25.0 Å². The van der Waals surface area contributed by atoms with Crippen LogP contribution in [0.15, 0.2) is 24.3 Å². The van der Waals surface area contributed by atoms with Crippen LogP contribution in [0, 0.1) is 12.8 Å². The van der Waals surface area contributed by atoms with Crippen molar-refractivity contribution in [2.24, 2.45) is 5.92 Å². The number of urea groups is 1. The first-order valence-electron chi connectivity index (χ1n) is 12.2. The van der Waals surface area contributed by atoms with Crippen LogP contribution in [0.25, 0.3) is 11.3 Å². The van der Waals surface area contributed by atoms with E-state index in [0.717, 1.165) is 61.5 Å². The minimum atomic E-state index is -0.497. The van der Waals surface area contributed by atoms with Gasteiger partial charge in [-0.05, 0) is 43.9 Å². The van der Waals surface area contributed by atoms with Crippen LogP contribution in [0.5, 0.6) is 0 Å². The average Bonchev–Trinajstić information content (AvgIpc) is 3.34. The predicted molar refractivity (Wildman–Crippen MR) is 134 cm³/mol. The molecule has 1 aromatic carbocycles. The maximum atomic E-state index is 12.8. The van der Waals surface area contributed by atoms with Gasteiger partial charge in [0.1, 0.15) is 5.82 Å². The molecule has 9 nitrogen and oxygen atoms in total. The van der Waals surface area contributed by atoms with Gasteiger partial charge in [0, 0.05) is 50.0 Å². The van der Waals surface area contributed by atoms with Crippen LogP contribution < -0.4 is 15.5 Å². The number of aromatic nitrogens is 2. The van der Waals surface area contributed by atoms with Gasteiger partial charge in [-0.2, -0.15) is 4.98 Å². The molecular formula is C25H36N6O3. The second-order valence-electron chi connectivity index (χ2n) is 9.24. The average molecular weight is 469 g/mol. The summed E-state index contributed by atoms with van der Waals surface area (Å²) in [4.78, 5) is 26.4. The number of ether oxygens (including phenoxy) is 1. The zero-order valence-corrected chi connectivity index (χ0v) is 20.4. The van der Waals surface area contributed by atoms with Gasteiger partial charge in [-0.15, -0.1) is 0 Å². The van der Waals surface area contributed by atoms with E-state index in [0.29, 0.717) is 37.4 Å². The molecule has 2 saturated heterocycles. The molecule has 2 aliphatic rings. The number of anilines is 3. The molecule has 2 aromatic rings. The number of aliphatic hydroxyl groups is 1. The molecule has 2 aliphatic heterocycles. The number of rotatable bonds is 7. The molecule has 2 atom stereocenters. The van der Waals surface area contributed by atoms with E-state index < -0.39 is 6.10 Å². The van der Waals surface area contributed by atoms with Crippen LogP contribution in [0.1, 0.15) is 32.3 Å². The van der Waals surface area contributed by atoms with Gasteiger partial charge in [0.15, 0.2) is 0 Å². The van der Waals surface area contributed by atoms with Crippen molar-refractivity contribution in [2.45, 2.75) is 39.7 Å². The number of likely N-dealkylation sites (tertiary alicyclic amines) is 1. The number of amides is 2. The number of morpholine rings is 1. The first-order valence-corrected chi connectivity index (χ1v) is 12.2. The number of nitrogens with one attached hydrogen (secondary N) is 2. The highest BCUT2D eigenvalue weighted by Gasteiger charge is 2.25. The minimum Gasteiger partial charge on any atom is -0.392 e. The molecule has 34 heavy (non-hydrogen) atoms. The van der Waals surface area contributed by atoms with Crippen molar-refractivity contribution in [3.05, 3.63) is 29.8 Å². The van der Waals surface area contributed by atoms with Crippen LogP contribution in [-0.4, -0.2) is 78.0 Å². The molecule has 0 spiro atoms. The Morgan fingerprint density at radius 1 is 1.24 bits per heavy atom. The summed E-state index contributed by atoms with van der Waals surface area (Å²) < 4.78 is 5.48. The molecular weight excluding hydrogens is 432 g/mol. The molecule has 2 fully saturated rings. The minimum absolute atomic E-state index is 0.0539. The summed E-state index contributed by atoms with van der Waals surface area (Å²) in [7, 11) is 0. The molecule has 0 saturated carbocycles. The summed E-state index contributed by atoms with van der Waals surface area (Å²) in [5, 5.41) is 16.0. The number of hydrogen-bond acceptors (Lipinski definition) is 7. The zero-order valence-electron chi connectivity index (χ0n) is 20.4. The Balaban J connectivity index is 1.60. The van der Waals surface area contributed by atoms with E-state index in [1.54, 1.807) is 6.92 Å². The third-order valence-electron chi connectivity index (χ3n) is 6.50. The molecule has 0 bridgehead atoms. The number of aryl methyl sites for hydroxylation is 1. The van der Waals surface area contributed by atoms with E-state index in [-0.39, 0.29) is 6.03 Å². The van der Waals surface area contributed by atoms with E-state index in [9.17, 15) is 9.90 Å². The van der Waals surface area contributed by atoms with Crippen LogP contribution in [0.3, 0.4) is 0 Å². The van der Waals surface area contributed by atoms with Crippen molar-refractivity contribution in [3.63, 3.8) is 0 Å². The van der Waals surface area contributed by atoms with Gasteiger partial charge in [-0.3, -0.25) is 0 Å². The lowest BCUT2D eigenvalue weighted by molar-refractivity contribution is 0.122. The molecule has 3 heterocycles. The second-order valence-corrected chi connectivity index (χ2v) is 9.24. The number of hydrogen-bond donors (Lipinski definition) is 3. The van der Waals surface area contributed by atoms with Crippen LogP contribution in [0.2, 0.25) is 0 Å². The van der Waals surface area contributed by atoms with Gasteiger partial charge in [-0.25, -0.2) is 9.78 Å². The molecule has 184 valence electrons. The maximum Gasteiger partial charge on any atom is 0.321 e. The number of benzene rings is 1. The number of carbonyl (C=O) groups excluding carboxylic acids is 1. The highest BCUT2D eigenvalue weighted by molar-refractivity contribution is 5.90. The Morgan fingerprint density at radius 3 is 2.74 bits per heavy atom. The molecule has 0 unspecified atom stereocenters. The lowest BCUT2D eigenvalue weighted by Crippen LogP contribution is -2.37. The predicted octanol–water partition coefficient (Wildman–Crippen LogP) is 3.35. The Labute approximate surface area is 201 Å². The summed E-state index contributed by atoms with van der Waals surface area (Å²) in [5.74, 6) is 1.88. The molecule has 2 amide bonds. The lowest BCUT2D eigenvalue weighted by atomic mass is 10.0. The zero-order chi connectivity index (χ0) is 24.1. The number of nitrogens with zero attached hydrogens (tertiary/aromatic N) is 4. The fourth-order valence-corrected chi connectivity index (χ4v) is 4.35. The van der Waals surface area contributed by atoms with Crippen molar-refractivity contribution in [3.8, 4) is 11.3 Å². The molecule has 1 aromatic heterocycles. The van der Waals surface area contributed by atoms with Crippen LogP contribution in [0.4, 0.5) is 22.2 Å². The van der Waals surface area contributed by atoms with E-state index in [1.807, 2.05) is 36.1 Å². The molecule has 4 rings (SSSR count). The fourth-order valence-electron chi connectivity index (χ4n) is 4.35. The Hall–Kier alpha value is -2.91. The first-order chi connectivity index (χ1) is 16.4. The van der Waals surface area contributed by atoms with Crippen molar-refractivity contribution in [1.82, 2.24) is 14.9 Å². The Kier molecular flexibility index (Phi) is 7.84. The highest BCUT2D eigenvalue weighted by atomic mass is 16.5. The second kappa shape index (κ2) is 11.0. The topological polar surface area (TPSA) is 103 Å². The SMILES string of the molecule is CC[C@@H]1CCN(C(=O)Nc2ccc(C)c(-c3cc(NC[C@@H](C)O)nc(N4CCOCC4)n3)c2)C1. The monoisotopic (exact) mass is 468 g/mol. The van der Waals surface area contributed by atoms with E-state index in [1.165, 1.54) is 0 Å². The van der Waals surface area contributed by atoms with E-state index in [2.05, 4.69) is 27.4 Å². The summed E-state index contributed by atoms with van der Waals surface area (Å²) in [6.07, 6.45) is 1.67. The van der Waals surface area contributed by atoms with E-state index in [4.69, 9.17) is 9.72 Å². The quantitative estimate of drug-likeness (QED) is 0.573. The normalized spacial score (nSPS) is 19.2. The van der Waals surface area contributed by atoms with Gasteiger partial charge < -0.3 is 30.3 Å². The van der Waals surface area contributed by atoms with E-state index >= 15 is 0 Å². The summed E-state index contributed by atoms with van der Waals surface area (Å²) in [5.41, 5.74) is 3.50. The maximum absolute atomic E-state index is 12.8. The number of carbonyl (C=O) groups is 1. The summed E-state index contributed by atoms with van der Waals surface area (Å²) in [6, 6.07) is 7.75.